The molecule has 7 nitrogen and oxygen atoms in total. The number of hydrogen-bond donors (Lipinski definition) is 1. The second-order valence-electron chi connectivity index (χ2n) is 3.98. The zero-order valence-electron chi connectivity index (χ0n) is 11.3. The minimum Gasteiger partial charge on any atom is -0.496 e. The summed E-state index contributed by atoms with van der Waals surface area (Å²) in [5, 5.41) is 14.4. The molecule has 1 heterocycles. The Hall–Kier alpha value is -2.01. The number of nitrogens with one attached hydrogen (secondary N) is 1. The molecule has 0 saturated heterocycles. The van der Waals surface area contributed by atoms with Gasteiger partial charge in [-0.3, -0.25) is 14.9 Å². The highest BCUT2D eigenvalue weighted by Gasteiger charge is 2.09. The first-order chi connectivity index (χ1) is 10.5. The highest BCUT2D eigenvalue weighted by molar-refractivity contribution is 14.1. The van der Waals surface area contributed by atoms with Gasteiger partial charge in [-0.2, -0.15) is 5.10 Å². The monoisotopic (exact) mass is 431 g/mol. The molecule has 2 rings (SSSR count). The number of methoxy groups -OCH3 is 1. The van der Waals surface area contributed by atoms with Crippen LogP contribution in [0.3, 0.4) is 0 Å². The summed E-state index contributed by atoms with van der Waals surface area (Å²) in [6.45, 7) is 0. The molecule has 1 aromatic carbocycles. The maximum absolute atomic E-state index is 11.9. The van der Waals surface area contributed by atoms with Crippen LogP contribution >= 0.6 is 33.9 Å². The molecular weight excluding hydrogens is 421 g/mol. The van der Waals surface area contributed by atoms with Crippen molar-refractivity contribution >= 4 is 51.1 Å². The number of carbonyl (C=O) groups excluding carboxylic acids is 1. The quantitative estimate of drug-likeness (QED) is 0.341. The van der Waals surface area contributed by atoms with Crippen molar-refractivity contribution in [2.75, 3.05) is 7.11 Å². The lowest BCUT2D eigenvalue weighted by Crippen LogP contribution is -2.17. The van der Waals surface area contributed by atoms with Gasteiger partial charge in [0.2, 0.25) is 0 Å². The number of halogens is 1. The summed E-state index contributed by atoms with van der Waals surface area (Å²) in [7, 11) is 1.56. The number of hydrogen-bond acceptors (Lipinski definition) is 6. The zero-order chi connectivity index (χ0) is 16.1. The Morgan fingerprint density at radius 1 is 1.45 bits per heavy atom. The van der Waals surface area contributed by atoms with Gasteiger partial charge in [0.25, 0.3) is 5.91 Å². The summed E-state index contributed by atoms with van der Waals surface area (Å²) in [5.74, 6) is 0.314. The first kappa shape index (κ1) is 16.4. The fourth-order valence-electron chi connectivity index (χ4n) is 1.54. The molecule has 1 aromatic heterocycles. The Labute approximate surface area is 143 Å². The molecule has 0 aliphatic carbocycles. The average Bonchev–Trinajstić information content (AvgIpc) is 2.96. The normalized spacial score (nSPS) is 10.6. The van der Waals surface area contributed by atoms with Gasteiger partial charge in [-0.25, -0.2) is 5.43 Å². The van der Waals surface area contributed by atoms with Crippen LogP contribution in [0.15, 0.2) is 35.4 Å². The maximum atomic E-state index is 11.9. The predicted octanol–water partition coefficient (Wildman–Crippen LogP) is 3.03. The zero-order valence-corrected chi connectivity index (χ0v) is 14.3. The fourth-order valence-corrected chi connectivity index (χ4v) is 2.97. The van der Waals surface area contributed by atoms with E-state index in [1.54, 1.807) is 31.4 Å². The summed E-state index contributed by atoms with van der Waals surface area (Å²) >= 11 is 3.05. The number of nitro groups is 1. The molecule has 0 bridgehead atoms. The summed E-state index contributed by atoms with van der Waals surface area (Å²) in [5.41, 5.74) is 2.82. The second kappa shape index (κ2) is 7.31. The highest BCUT2D eigenvalue weighted by atomic mass is 127. The number of rotatable bonds is 5. The van der Waals surface area contributed by atoms with Gasteiger partial charge in [0.05, 0.1) is 26.7 Å². The molecule has 0 aliphatic heterocycles. The van der Waals surface area contributed by atoms with Crippen LogP contribution in [0.1, 0.15) is 15.2 Å². The van der Waals surface area contributed by atoms with Crippen molar-refractivity contribution < 1.29 is 14.5 Å². The molecule has 9 heteroatoms. The lowest BCUT2D eigenvalue weighted by atomic mass is 10.2. The van der Waals surface area contributed by atoms with Crippen LogP contribution in [0, 0.1) is 13.7 Å². The van der Waals surface area contributed by atoms with Gasteiger partial charge >= 0.3 is 5.00 Å². The van der Waals surface area contributed by atoms with E-state index in [2.05, 4.69) is 33.1 Å². The molecule has 0 spiro atoms. The molecule has 0 radical (unpaired) electrons. The van der Waals surface area contributed by atoms with Gasteiger partial charge < -0.3 is 4.74 Å². The predicted molar refractivity (Wildman–Crippen MR) is 91.7 cm³/mol. The standard InChI is InChI=1S/C13H10IN3O4S/c1-21-11-4-2-8(6-10(11)14)13(18)16-15-7-9-3-5-12(22-9)17(19)20/h2-7H,1H3,(H,16,18)/b15-7-. The van der Waals surface area contributed by atoms with Crippen LogP contribution in [0.5, 0.6) is 5.75 Å². The third-order valence-corrected chi connectivity index (χ3v) is 4.38. The van der Waals surface area contributed by atoms with Crippen LogP contribution < -0.4 is 10.2 Å². The topological polar surface area (TPSA) is 93.8 Å². The van der Waals surface area contributed by atoms with Crippen LogP contribution in [-0.2, 0) is 0 Å². The molecule has 0 atom stereocenters. The Balaban J connectivity index is 2.01. The summed E-state index contributed by atoms with van der Waals surface area (Å²) in [4.78, 5) is 22.6. The highest BCUT2D eigenvalue weighted by Crippen LogP contribution is 2.23. The molecule has 114 valence electrons. The van der Waals surface area contributed by atoms with E-state index in [9.17, 15) is 14.9 Å². The average molecular weight is 431 g/mol. The summed E-state index contributed by atoms with van der Waals surface area (Å²) in [6.07, 6.45) is 1.37. The van der Waals surface area contributed by atoms with E-state index in [1.165, 1.54) is 12.3 Å². The van der Waals surface area contributed by atoms with Gasteiger partial charge in [-0.15, -0.1) is 0 Å². The van der Waals surface area contributed by atoms with E-state index in [0.29, 0.717) is 16.2 Å². The van der Waals surface area contributed by atoms with Crippen molar-refractivity contribution in [3.63, 3.8) is 0 Å². The first-order valence-electron chi connectivity index (χ1n) is 5.92. The number of ether oxygens (including phenoxy) is 1. The van der Waals surface area contributed by atoms with Gasteiger partial charge in [0.15, 0.2) is 0 Å². The van der Waals surface area contributed by atoms with Crippen LogP contribution in [-0.4, -0.2) is 24.2 Å². The number of thiophene rings is 1. The molecule has 0 aliphatic rings. The molecule has 0 saturated carbocycles. The smallest absolute Gasteiger partial charge is 0.324 e. The molecule has 22 heavy (non-hydrogen) atoms. The summed E-state index contributed by atoms with van der Waals surface area (Å²) < 4.78 is 5.93. The number of benzene rings is 1. The van der Waals surface area contributed by atoms with Crippen LogP contribution in [0.4, 0.5) is 5.00 Å². The molecular formula is C13H10IN3O4S. The minimum absolute atomic E-state index is 0.0254. The van der Waals surface area contributed by atoms with Crippen molar-refractivity contribution in [3.8, 4) is 5.75 Å². The molecule has 1 amide bonds. The van der Waals surface area contributed by atoms with E-state index < -0.39 is 4.92 Å². The van der Waals surface area contributed by atoms with Crippen LogP contribution in [0.2, 0.25) is 0 Å². The largest absolute Gasteiger partial charge is 0.496 e. The van der Waals surface area contributed by atoms with Gasteiger partial charge in [0, 0.05) is 11.6 Å². The van der Waals surface area contributed by atoms with Crippen molar-refractivity contribution in [2.45, 2.75) is 0 Å². The van der Waals surface area contributed by atoms with E-state index in [0.717, 1.165) is 14.9 Å². The van der Waals surface area contributed by atoms with E-state index in [1.807, 2.05) is 0 Å². The van der Waals surface area contributed by atoms with Crippen molar-refractivity contribution in [1.82, 2.24) is 5.43 Å². The lowest BCUT2D eigenvalue weighted by Gasteiger charge is -2.05. The first-order valence-corrected chi connectivity index (χ1v) is 7.82. The number of hydrazone groups is 1. The SMILES string of the molecule is COc1ccc(C(=O)N/N=C\c2ccc([N+](=O)[O-])s2)cc1I. The Kier molecular flexibility index (Phi) is 5.44. The van der Waals surface area contributed by atoms with Crippen LogP contribution in [0.25, 0.3) is 0 Å². The molecule has 0 fully saturated rings. The number of nitrogens with zero attached hydrogens (tertiary/aromatic N) is 2. The fraction of sp³-hybridized carbons (Fsp3) is 0.0769. The van der Waals surface area contributed by atoms with Crippen molar-refractivity contribution in [2.24, 2.45) is 5.10 Å². The van der Waals surface area contributed by atoms with E-state index >= 15 is 0 Å². The van der Waals surface area contributed by atoms with Gasteiger partial charge in [-0.1, -0.05) is 11.3 Å². The van der Waals surface area contributed by atoms with Gasteiger partial charge in [-0.05, 0) is 46.9 Å². The molecule has 0 unspecified atom stereocenters. The van der Waals surface area contributed by atoms with Gasteiger partial charge in [0.1, 0.15) is 5.75 Å². The van der Waals surface area contributed by atoms with Crippen molar-refractivity contribution in [3.05, 3.63) is 54.5 Å². The minimum atomic E-state index is -0.472. The van der Waals surface area contributed by atoms with Crippen molar-refractivity contribution in [1.29, 1.82) is 0 Å². The number of amides is 1. The Morgan fingerprint density at radius 2 is 2.23 bits per heavy atom. The Morgan fingerprint density at radius 3 is 2.82 bits per heavy atom. The second-order valence-corrected chi connectivity index (χ2v) is 6.24. The maximum Gasteiger partial charge on any atom is 0.324 e. The molecule has 2 aromatic rings. The Bertz CT molecular complexity index is 745. The third kappa shape index (κ3) is 4.01. The lowest BCUT2D eigenvalue weighted by molar-refractivity contribution is -0.380. The summed E-state index contributed by atoms with van der Waals surface area (Å²) in [6, 6.07) is 7.96. The number of carbonyl (C=O) groups is 1. The van der Waals surface area contributed by atoms with E-state index in [4.69, 9.17) is 4.74 Å². The van der Waals surface area contributed by atoms with E-state index in [-0.39, 0.29) is 10.9 Å². The third-order valence-electron chi connectivity index (χ3n) is 2.56. The molecule has 1 N–H and O–H groups in total.